The first-order valence-corrected chi connectivity index (χ1v) is 16.9. The Hall–Kier alpha value is -2.34. The van der Waals surface area contributed by atoms with Gasteiger partial charge in [0.05, 0.1) is 18.7 Å². The van der Waals surface area contributed by atoms with Crippen molar-refractivity contribution in [1.82, 2.24) is 9.88 Å². The molecule has 10 rings (SSSR count). The van der Waals surface area contributed by atoms with Crippen LogP contribution in [0.2, 0.25) is 0 Å². The van der Waals surface area contributed by atoms with E-state index in [2.05, 4.69) is 23.7 Å². The van der Waals surface area contributed by atoms with Crippen LogP contribution >= 0.6 is 0 Å². The number of nitrogens with zero attached hydrogens (tertiary/aromatic N) is 2. The Morgan fingerprint density at radius 2 is 2.02 bits per heavy atom. The first-order valence-electron chi connectivity index (χ1n) is 16.9. The molecule has 8 heterocycles. The number of rotatable bonds is 6. The van der Waals surface area contributed by atoms with Crippen molar-refractivity contribution in [3.8, 4) is 5.75 Å². The highest BCUT2D eigenvalue weighted by Crippen LogP contribution is 2.60. The highest BCUT2D eigenvalue weighted by atomic mass is 17.3. The Kier molecular flexibility index (Phi) is 7.43. The second kappa shape index (κ2) is 11.1. The van der Waals surface area contributed by atoms with Gasteiger partial charge in [-0.25, -0.2) is 9.78 Å². The van der Waals surface area contributed by atoms with Gasteiger partial charge >= 0.3 is 5.97 Å². The zero-order valence-electron chi connectivity index (χ0n) is 26.7. The molecule has 244 valence electrons. The number of carbonyl (C=O) groups excluding carboxylic acids is 1. The lowest BCUT2D eigenvalue weighted by Crippen LogP contribution is -2.70. The summed E-state index contributed by atoms with van der Waals surface area (Å²) in [6.45, 7) is 7.99. The van der Waals surface area contributed by atoms with Gasteiger partial charge in [-0.3, -0.25) is 14.7 Å². The molecule has 10 heteroatoms. The number of ether oxygens (including phenoxy) is 4. The van der Waals surface area contributed by atoms with E-state index in [-0.39, 0.29) is 35.7 Å². The van der Waals surface area contributed by atoms with Gasteiger partial charge in [-0.2, -0.15) is 0 Å². The maximum atomic E-state index is 13.5. The maximum Gasteiger partial charge on any atom is 0.308 e. The lowest BCUT2D eigenvalue weighted by atomic mass is 9.58. The van der Waals surface area contributed by atoms with Crippen LogP contribution in [-0.4, -0.2) is 71.2 Å². The molecule has 1 spiro atoms. The van der Waals surface area contributed by atoms with Crippen molar-refractivity contribution in [2.75, 3.05) is 20.2 Å². The van der Waals surface area contributed by atoms with Crippen molar-refractivity contribution in [1.29, 1.82) is 0 Å². The van der Waals surface area contributed by atoms with Gasteiger partial charge in [-0.15, -0.1) is 0 Å². The van der Waals surface area contributed by atoms with E-state index in [1.165, 1.54) is 0 Å². The SMILES string of the molecule is COc1ccc2nccc([C@@H](O)C3CC4CCN3CC4CC(=O)O[C@@H]3OC4O[C@]5(C)CCC6[C@H](C)CCC([C@H]3C)[C@@]46OO5)c2c1. The molecule has 1 N–H and O–H groups in total. The zero-order chi connectivity index (χ0) is 31.1. The molecular weight excluding hydrogens is 576 g/mol. The quantitative estimate of drug-likeness (QED) is 0.344. The predicted octanol–water partition coefficient (Wildman–Crippen LogP) is 5.13. The van der Waals surface area contributed by atoms with E-state index >= 15 is 0 Å². The van der Waals surface area contributed by atoms with E-state index < -0.39 is 30.1 Å². The number of hydrogen-bond donors (Lipinski definition) is 1. The normalized spacial score (nSPS) is 44.2. The topological polar surface area (TPSA) is 109 Å². The summed E-state index contributed by atoms with van der Waals surface area (Å²) in [7, 11) is 1.64. The molecule has 13 atom stereocenters. The summed E-state index contributed by atoms with van der Waals surface area (Å²) in [5.41, 5.74) is 1.03. The van der Waals surface area contributed by atoms with Crippen molar-refractivity contribution >= 4 is 16.9 Å². The summed E-state index contributed by atoms with van der Waals surface area (Å²) in [6, 6.07) is 7.66. The molecule has 0 radical (unpaired) electrons. The van der Waals surface area contributed by atoms with Crippen molar-refractivity contribution in [3.05, 3.63) is 36.0 Å². The van der Waals surface area contributed by atoms with E-state index in [0.29, 0.717) is 18.3 Å². The lowest BCUT2D eigenvalue weighted by Gasteiger charge is -2.60. The molecule has 4 bridgehead atoms. The molecule has 1 aromatic heterocycles. The minimum atomic E-state index is -0.863. The second-order valence-electron chi connectivity index (χ2n) is 14.8. The summed E-state index contributed by atoms with van der Waals surface area (Å²) in [5, 5.41) is 12.6. The molecule has 7 unspecified atom stereocenters. The molecular formula is C35H46N2O8. The van der Waals surface area contributed by atoms with Gasteiger partial charge in [-0.1, -0.05) is 13.8 Å². The Morgan fingerprint density at radius 3 is 2.82 bits per heavy atom. The van der Waals surface area contributed by atoms with Crippen LogP contribution in [0.4, 0.5) is 0 Å². The fourth-order valence-electron chi connectivity index (χ4n) is 9.88. The standard InChI is InChI=1S/C35H46N2O8/c1-19-5-7-27-20(2)32(42-33-35(27)26(19)9-12-34(3,43-33)44-45-35)41-30(38)16-22-18-37-14-11-21(22)15-29(37)31(39)24-10-13-36-28-8-6-23(40-4)17-25(24)28/h6,8,10,13,17,19-22,26-27,29,31-33,39H,5,7,9,11-12,14-16,18H2,1-4H3/t19-,20-,21?,22?,26?,27?,29?,31-,32-,33?,34+,35-/m1/s1. The predicted molar refractivity (Wildman–Crippen MR) is 162 cm³/mol. The summed E-state index contributed by atoms with van der Waals surface area (Å²) in [4.78, 5) is 32.5. The molecule has 0 amide bonds. The number of methoxy groups -OCH3 is 1. The number of hydrogen-bond acceptors (Lipinski definition) is 10. The van der Waals surface area contributed by atoms with Crippen molar-refractivity contribution in [2.24, 2.45) is 35.5 Å². The van der Waals surface area contributed by atoms with E-state index in [1.807, 2.05) is 31.2 Å². The molecule has 1 saturated carbocycles. The smallest absolute Gasteiger partial charge is 0.308 e. The van der Waals surface area contributed by atoms with Crippen LogP contribution in [0.15, 0.2) is 30.5 Å². The van der Waals surface area contributed by atoms with Gasteiger partial charge in [0.15, 0.2) is 11.9 Å². The van der Waals surface area contributed by atoms with Crippen LogP contribution in [0.3, 0.4) is 0 Å². The van der Waals surface area contributed by atoms with Gasteiger partial charge in [-0.05, 0) is 99.1 Å². The molecule has 8 aliphatic rings. The fourth-order valence-corrected chi connectivity index (χ4v) is 9.88. The summed E-state index contributed by atoms with van der Waals surface area (Å²) in [5.74, 6) is 0.977. The number of pyridine rings is 1. The number of benzene rings is 1. The van der Waals surface area contributed by atoms with Crippen molar-refractivity contribution in [3.63, 3.8) is 0 Å². The van der Waals surface area contributed by atoms with Gasteiger partial charge in [0.25, 0.3) is 0 Å². The van der Waals surface area contributed by atoms with Crippen molar-refractivity contribution in [2.45, 2.75) is 102 Å². The molecule has 1 aromatic carbocycles. The largest absolute Gasteiger partial charge is 0.497 e. The van der Waals surface area contributed by atoms with Crippen LogP contribution in [0, 0.1) is 35.5 Å². The van der Waals surface area contributed by atoms with Crippen LogP contribution in [0.5, 0.6) is 5.75 Å². The summed E-state index contributed by atoms with van der Waals surface area (Å²) in [6.07, 6.45) is 5.73. The fraction of sp³-hybridized carbons (Fsp3) is 0.714. The van der Waals surface area contributed by atoms with Gasteiger partial charge in [0.2, 0.25) is 12.1 Å². The van der Waals surface area contributed by atoms with Crippen LogP contribution < -0.4 is 4.74 Å². The molecule has 45 heavy (non-hydrogen) atoms. The summed E-state index contributed by atoms with van der Waals surface area (Å²) >= 11 is 0. The lowest BCUT2D eigenvalue weighted by molar-refractivity contribution is -0.576. The van der Waals surface area contributed by atoms with Gasteiger partial charge in [0.1, 0.15) is 5.75 Å². The Labute approximate surface area is 264 Å². The molecule has 10 nitrogen and oxygen atoms in total. The number of aliphatic hydroxyl groups is 1. The highest BCUT2D eigenvalue weighted by molar-refractivity contribution is 5.84. The molecule has 1 aliphatic carbocycles. The van der Waals surface area contributed by atoms with E-state index in [1.54, 1.807) is 13.3 Å². The number of aromatic nitrogens is 1. The second-order valence-corrected chi connectivity index (χ2v) is 14.8. The number of aliphatic hydroxyl groups excluding tert-OH is 1. The first-order chi connectivity index (χ1) is 21.7. The Bertz CT molecular complexity index is 1460. The van der Waals surface area contributed by atoms with E-state index in [4.69, 9.17) is 28.7 Å². The highest BCUT2D eigenvalue weighted by Gasteiger charge is 2.69. The third-order valence-electron chi connectivity index (χ3n) is 12.4. The molecule has 7 aliphatic heterocycles. The maximum absolute atomic E-state index is 13.5. The molecule has 8 fully saturated rings. The molecule has 7 saturated heterocycles. The first kappa shape index (κ1) is 30.0. The van der Waals surface area contributed by atoms with Crippen LogP contribution in [0.1, 0.15) is 77.4 Å². The van der Waals surface area contributed by atoms with E-state index in [0.717, 1.165) is 73.8 Å². The number of carbonyl (C=O) groups is 1. The number of fused-ring (bicyclic) bond motifs is 6. The Morgan fingerprint density at radius 1 is 1.16 bits per heavy atom. The average molecular weight is 623 g/mol. The minimum absolute atomic E-state index is 0.0151. The average Bonchev–Trinajstić information content (AvgIpc) is 3.28. The summed E-state index contributed by atoms with van der Waals surface area (Å²) < 4.78 is 24.5. The molecule has 2 aromatic rings. The van der Waals surface area contributed by atoms with Crippen molar-refractivity contribution < 1.29 is 38.6 Å². The zero-order valence-corrected chi connectivity index (χ0v) is 26.7. The minimum Gasteiger partial charge on any atom is -0.497 e. The Balaban J connectivity index is 0.944. The van der Waals surface area contributed by atoms with Gasteiger partial charge < -0.3 is 24.1 Å². The van der Waals surface area contributed by atoms with Gasteiger partial charge in [0, 0.05) is 48.8 Å². The number of piperidine rings is 3. The van der Waals surface area contributed by atoms with Crippen LogP contribution in [-0.2, 0) is 28.8 Å². The third-order valence-corrected chi connectivity index (χ3v) is 12.4. The monoisotopic (exact) mass is 622 g/mol. The van der Waals surface area contributed by atoms with Crippen LogP contribution in [0.25, 0.3) is 10.9 Å². The van der Waals surface area contributed by atoms with E-state index in [9.17, 15) is 9.90 Å². The number of esters is 1. The third kappa shape index (κ3) is 4.81.